The maximum atomic E-state index is 12.9. The molecule has 0 saturated carbocycles. The van der Waals surface area contributed by atoms with Gasteiger partial charge in [0.1, 0.15) is 6.04 Å². The van der Waals surface area contributed by atoms with Crippen LogP contribution in [-0.4, -0.2) is 107 Å². The van der Waals surface area contributed by atoms with Crippen molar-refractivity contribution in [1.29, 1.82) is 5.26 Å². The molecule has 0 unspecified atom stereocenters. The van der Waals surface area contributed by atoms with Gasteiger partial charge in [-0.15, -0.1) is 10.2 Å². The lowest BCUT2D eigenvalue weighted by Crippen LogP contribution is -2.42. The van der Waals surface area contributed by atoms with Crippen LogP contribution in [0.2, 0.25) is 0 Å². The van der Waals surface area contributed by atoms with E-state index in [0.29, 0.717) is 42.9 Å². The lowest BCUT2D eigenvalue weighted by Gasteiger charge is -2.29. The average Bonchev–Trinajstić information content (AvgIpc) is 3.73. The molecule has 2 N–H and O–H groups in total. The molecule has 3 amide bonds. The number of likely N-dealkylation sites (tertiary alicyclic amines) is 1. The standard InChI is InChI=1S/C29H33N9O3/c1-36(2)26(40)18-7-9-23-21(14-18)22-15-19(27(41)37(3)4)8-10-24(22)29(23,28-32-34-35-33-28)11-12-31-17-25(39)38-13-5-6-20(38)16-30/h7-10,14-15,20,31H,5-6,11-13,17H2,1-4H3,(H,32,33,34,35)/t20-/m0/s1. The Morgan fingerprint density at radius 3 is 2.17 bits per heavy atom. The van der Waals surface area contributed by atoms with Gasteiger partial charge in [-0.05, 0) is 72.3 Å². The van der Waals surface area contributed by atoms with Crippen molar-refractivity contribution in [2.75, 3.05) is 47.8 Å². The van der Waals surface area contributed by atoms with E-state index < -0.39 is 5.41 Å². The van der Waals surface area contributed by atoms with Gasteiger partial charge in [0.15, 0.2) is 5.82 Å². The summed E-state index contributed by atoms with van der Waals surface area (Å²) in [7, 11) is 6.81. The number of carbonyl (C=O) groups is 3. The lowest BCUT2D eigenvalue weighted by atomic mass is 9.74. The molecule has 0 radical (unpaired) electrons. The second-order valence-corrected chi connectivity index (χ2v) is 10.9. The Hall–Kier alpha value is -4.63. The Balaban J connectivity index is 1.54. The zero-order valence-corrected chi connectivity index (χ0v) is 23.6. The third kappa shape index (κ3) is 4.82. The topological polar surface area (TPSA) is 151 Å². The molecule has 2 aromatic carbocycles. The van der Waals surface area contributed by atoms with Crippen LogP contribution in [0.4, 0.5) is 0 Å². The molecule has 1 saturated heterocycles. The van der Waals surface area contributed by atoms with E-state index in [1.54, 1.807) is 45.2 Å². The number of benzene rings is 2. The molecule has 212 valence electrons. The minimum absolute atomic E-state index is 0.103. The van der Waals surface area contributed by atoms with Crippen LogP contribution >= 0.6 is 0 Å². The first kappa shape index (κ1) is 27.9. The minimum Gasteiger partial charge on any atom is -0.345 e. The Bertz CT molecular complexity index is 1460. The summed E-state index contributed by atoms with van der Waals surface area (Å²) in [5, 5.41) is 27.9. The van der Waals surface area contributed by atoms with Gasteiger partial charge in [-0.1, -0.05) is 17.3 Å². The molecular weight excluding hydrogens is 522 g/mol. The maximum Gasteiger partial charge on any atom is 0.253 e. The number of nitrogens with zero attached hydrogens (tertiary/aromatic N) is 7. The van der Waals surface area contributed by atoms with Crippen LogP contribution in [0, 0.1) is 11.3 Å². The van der Waals surface area contributed by atoms with Crippen molar-refractivity contribution in [3.63, 3.8) is 0 Å². The highest BCUT2D eigenvalue weighted by Crippen LogP contribution is 2.53. The zero-order chi connectivity index (χ0) is 29.3. The van der Waals surface area contributed by atoms with Gasteiger partial charge in [-0.3, -0.25) is 14.4 Å². The van der Waals surface area contributed by atoms with E-state index in [4.69, 9.17) is 0 Å². The molecule has 2 heterocycles. The fraction of sp³-hybridized carbons (Fsp3) is 0.414. The summed E-state index contributed by atoms with van der Waals surface area (Å²) in [6.07, 6.45) is 2.01. The fourth-order valence-corrected chi connectivity index (χ4v) is 5.94. The Kier molecular flexibility index (Phi) is 7.55. The monoisotopic (exact) mass is 555 g/mol. The number of H-pyrrole nitrogens is 1. The number of nitriles is 1. The van der Waals surface area contributed by atoms with Gasteiger partial charge in [-0.2, -0.15) is 10.5 Å². The number of hydrogen-bond donors (Lipinski definition) is 2. The van der Waals surface area contributed by atoms with Crippen LogP contribution < -0.4 is 5.32 Å². The molecule has 1 fully saturated rings. The average molecular weight is 556 g/mol. The van der Waals surface area contributed by atoms with Crippen molar-refractivity contribution in [1.82, 2.24) is 40.6 Å². The molecule has 1 aliphatic carbocycles. The third-order valence-electron chi connectivity index (χ3n) is 7.96. The molecule has 5 rings (SSSR count). The predicted octanol–water partition coefficient (Wildman–Crippen LogP) is 1.41. The summed E-state index contributed by atoms with van der Waals surface area (Å²) in [6.45, 7) is 1.13. The highest BCUT2D eigenvalue weighted by Gasteiger charge is 2.48. The SMILES string of the molecule is CN(C)C(=O)c1ccc2c(c1)-c1cc(C(=O)N(C)C)ccc1C2(CCNCC(=O)N1CCC[C@H]1C#N)c1nn[nH]n1. The van der Waals surface area contributed by atoms with Crippen molar-refractivity contribution in [3.8, 4) is 17.2 Å². The minimum atomic E-state index is -0.851. The summed E-state index contributed by atoms with van der Waals surface area (Å²) in [5.74, 6) is 0.0797. The van der Waals surface area contributed by atoms with E-state index >= 15 is 0 Å². The molecule has 1 aliphatic heterocycles. The largest absolute Gasteiger partial charge is 0.345 e. The number of nitrogens with one attached hydrogen (secondary N) is 2. The van der Waals surface area contributed by atoms with Crippen molar-refractivity contribution in [2.45, 2.75) is 30.7 Å². The molecule has 3 aromatic rings. The van der Waals surface area contributed by atoms with E-state index in [0.717, 1.165) is 28.7 Å². The molecule has 1 aromatic heterocycles. The van der Waals surface area contributed by atoms with Gasteiger partial charge in [0.05, 0.1) is 18.0 Å². The third-order valence-corrected chi connectivity index (χ3v) is 7.96. The molecule has 0 spiro atoms. The maximum absolute atomic E-state index is 12.9. The first-order valence-electron chi connectivity index (χ1n) is 13.6. The number of fused-ring (bicyclic) bond motifs is 3. The number of aromatic amines is 1. The summed E-state index contributed by atoms with van der Waals surface area (Å²) in [5.41, 5.74) is 3.60. The second-order valence-electron chi connectivity index (χ2n) is 10.9. The van der Waals surface area contributed by atoms with Crippen LogP contribution in [-0.2, 0) is 10.2 Å². The van der Waals surface area contributed by atoms with E-state index in [2.05, 4.69) is 32.0 Å². The Labute approximate surface area is 238 Å². The quantitative estimate of drug-likeness (QED) is 0.396. The normalized spacial score (nSPS) is 16.6. The van der Waals surface area contributed by atoms with Crippen molar-refractivity contribution >= 4 is 17.7 Å². The van der Waals surface area contributed by atoms with Gasteiger partial charge in [0.25, 0.3) is 11.8 Å². The van der Waals surface area contributed by atoms with Gasteiger partial charge < -0.3 is 20.0 Å². The number of tetrazole rings is 1. The Morgan fingerprint density at radius 2 is 1.66 bits per heavy atom. The summed E-state index contributed by atoms with van der Waals surface area (Å²) < 4.78 is 0. The van der Waals surface area contributed by atoms with Gasteiger partial charge in [0.2, 0.25) is 5.91 Å². The molecule has 1 atom stereocenters. The van der Waals surface area contributed by atoms with Crippen LogP contribution in [0.5, 0.6) is 0 Å². The van der Waals surface area contributed by atoms with Crippen LogP contribution in [0.25, 0.3) is 11.1 Å². The molecule has 12 nitrogen and oxygen atoms in total. The van der Waals surface area contributed by atoms with E-state index in [1.807, 2.05) is 24.3 Å². The summed E-state index contributed by atoms with van der Waals surface area (Å²) in [4.78, 5) is 43.3. The van der Waals surface area contributed by atoms with Crippen molar-refractivity contribution < 1.29 is 14.4 Å². The Morgan fingerprint density at radius 1 is 1.05 bits per heavy atom. The number of amides is 3. The van der Waals surface area contributed by atoms with Crippen LogP contribution in [0.15, 0.2) is 36.4 Å². The van der Waals surface area contributed by atoms with Gasteiger partial charge in [-0.25, -0.2) is 0 Å². The second kappa shape index (κ2) is 11.1. The van der Waals surface area contributed by atoms with E-state index in [9.17, 15) is 19.6 Å². The number of hydrogen-bond acceptors (Lipinski definition) is 8. The number of rotatable bonds is 8. The van der Waals surface area contributed by atoms with E-state index in [-0.39, 0.29) is 30.3 Å². The molecule has 41 heavy (non-hydrogen) atoms. The summed E-state index contributed by atoms with van der Waals surface area (Å²) in [6, 6.07) is 13.0. The zero-order valence-electron chi connectivity index (χ0n) is 23.6. The molecule has 0 bridgehead atoms. The van der Waals surface area contributed by atoms with Gasteiger partial charge in [0, 0.05) is 45.9 Å². The highest BCUT2D eigenvalue weighted by atomic mass is 16.2. The molecule has 12 heteroatoms. The number of aromatic nitrogens is 4. The fourth-order valence-electron chi connectivity index (χ4n) is 5.94. The lowest BCUT2D eigenvalue weighted by molar-refractivity contribution is -0.130. The van der Waals surface area contributed by atoms with E-state index in [1.165, 1.54) is 9.80 Å². The van der Waals surface area contributed by atoms with Crippen LogP contribution in [0.3, 0.4) is 0 Å². The smallest absolute Gasteiger partial charge is 0.253 e. The molecular formula is C29H33N9O3. The number of carbonyl (C=O) groups excluding carboxylic acids is 3. The first-order valence-corrected chi connectivity index (χ1v) is 13.6. The summed E-state index contributed by atoms with van der Waals surface area (Å²) >= 11 is 0. The first-order chi connectivity index (χ1) is 19.7. The molecule has 2 aliphatic rings. The predicted molar refractivity (Wildman–Crippen MR) is 150 cm³/mol. The van der Waals surface area contributed by atoms with Crippen molar-refractivity contribution in [2.24, 2.45) is 0 Å². The van der Waals surface area contributed by atoms with Crippen molar-refractivity contribution in [3.05, 3.63) is 64.5 Å². The van der Waals surface area contributed by atoms with Crippen LogP contribution in [0.1, 0.15) is 56.9 Å². The van der Waals surface area contributed by atoms with Gasteiger partial charge >= 0.3 is 0 Å². The highest BCUT2D eigenvalue weighted by molar-refractivity contribution is 5.99.